The fourth-order valence-electron chi connectivity index (χ4n) is 1.18. The highest BCUT2D eigenvalue weighted by atomic mass is 35.5. The third-order valence-corrected chi connectivity index (χ3v) is 2.53. The summed E-state index contributed by atoms with van der Waals surface area (Å²) in [6.07, 6.45) is 0. The summed E-state index contributed by atoms with van der Waals surface area (Å²) in [5.74, 6) is 0.450. The van der Waals surface area contributed by atoms with Gasteiger partial charge in [0.1, 0.15) is 5.75 Å². The Morgan fingerprint density at radius 1 is 1.18 bits per heavy atom. The van der Waals surface area contributed by atoms with Gasteiger partial charge in [-0.05, 0) is 32.0 Å². The highest BCUT2D eigenvalue weighted by Gasteiger charge is 2.07. The smallest absolute Gasteiger partial charge is 0.341 e. The SMILES string of the molecule is Cc1nnc(Oc2ccc(N)cc2Cl)nc1C. The second kappa shape index (κ2) is 4.55. The first kappa shape index (κ1) is 11.6. The van der Waals surface area contributed by atoms with Crippen LogP contribution in [0.3, 0.4) is 0 Å². The highest BCUT2D eigenvalue weighted by Crippen LogP contribution is 2.29. The van der Waals surface area contributed by atoms with Gasteiger partial charge in [0.15, 0.2) is 0 Å². The average Bonchev–Trinajstić information content (AvgIpc) is 2.27. The summed E-state index contributed by atoms with van der Waals surface area (Å²) >= 11 is 5.97. The van der Waals surface area contributed by atoms with E-state index in [0.29, 0.717) is 16.5 Å². The van der Waals surface area contributed by atoms with E-state index in [2.05, 4.69) is 15.2 Å². The Hall–Kier alpha value is -1.88. The Kier molecular flexibility index (Phi) is 3.10. The zero-order chi connectivity index (χ0) is 12.4. The Morgan fingerprint density at radius 2 is 1.94 bits per heavy atom. The molecule has 0 bridgehead atoms. The molecule has 5 nitrogen and oxygen atoms in total. The number of aryl methyl sites for hydroxylation is 2. The second-order valence-electron chi connectivity index (χ2n) is 3.56. The first-order valence-electron chi connectivity index (χ1n) is 4.97. The van der Waals surface area contributed by atoms with Crippen LogP contribution in [-0.4, -0.2) is 15.2 Å². The van der Waals surface area contributed by atoms with Crippen LogP contribution in [0.1, 0.15) is 11.4 Å². The number of anilines is 1. The molecule has 0 aliphatic heterocycles. The number of benzene rings is 1. The molecule has 1 aromatic carbocycles. The number of rotatable bonds is 2. The third kappa shape index (κ3) is 2.62. The fraction of sp³-hybridized carbons (Fsp3) is 0.182. The van der Waals surface area contributed by atoms with Gasteiger partial charge in [-0.25, -0.2) is 0 Å². The normalized spacial score (nSPS) is 10.3. The van der Waals surface area contributed by atoms with Crippen LogP contribution in [0.5, 0.6) is 11.8 Å². The van der Waals surface area contributed by atoms with Crippen LogP contribution < -0.4 is 10.5 Å². The lowest BCUT2D eigenvalue weighted by molar-refractivity contribution is 0.430. The van der Waals surface area contributed by atoms with Crippen molar-refractivity contribution in [3.63, 3.8) is 0 Å². The molecule has 6 heteroatoms. The molecule has 88 valence electrons. The number of halogens is 1. The number of nitrogens with two attached hydrogens (primary N) is 1. The van der Waals surface area contributed by atoms with E-state index in [1.807, 2.05) is 13.8 Å². The molecule has 0 saturated carbocycles. The molecule has 1 aromatic heterocycles. The zero-order valence-corrected chi connectivity index (χ0v) is 10.2. The predicted molar refractivity (Wildman–Crippen MR) is 65.2 cm³/mol. The lowest BCUT2D eigenvalue weighted by Crippen LogP contribution is -1.99. The third-order valence-electron chi connectivity index (χ3n) is 2.23. The Bertz CT molecular complexity index is 559. The van der Waals surface area contributed by atoms with Crippen molar-refractivity contribution in [3.8, 4) is 11.8 Å². The maximum Gasteiger partial charge on any atom is 0.341 e. The van der Waals surface area contributed by atoms with Crippen LogP contribution in [0.2, 0.25) is 5.02 Å². The first-order chi connectivity index (χ1) is 8.06. The molecule has 1 heterocycles. The minimum Gasteiger partial charge on any atom is -0.422 e. The van der Waals surface area contributed by atoms with Crippen molar-refractivity contribution in [2.45, 2.75) is 13.8 Å². The molecule has 2 aromatic rings. The van der Waals surface area contributed by atoms with E-state index in [1.165, 1.54) is 0 Å². The Morgan fingerprint density at radius 3 is 2.59 bits per heavy atom. The monoisotopic (exact) mass is 250 g/mol. The summed E-state index contributed by atoms with van der Waals surface area (Å²) in [4.78, 5) is 4.15. The van der Waals surface area contributed by atoms with Crippen molar-refractivity contribution in [1.82, 2.24) is 15.2 Å². The van der Waals surface area contributed by atoms with Gasteiger partial charge in [0.05, 0.1) is 16.4 Å². The minimum absolute atomic E-state index is 0.166. The topological polar surface area (TPSA) is 73.9 Å². The summed E-state index contributed by atoms with van der Waals surface area (Å²) in [5, 5.41) is 8.15. The van der Waals surface area contributed by atoms with Gasteiger partial charge in [0.25, 0.3) is 0 Å². The van der Waals surface area contributed by atoms with E-state index in [1.54, 1.807) is 18.2 Å². The molecular weight excluding hydrogens is 240 g/mol. The van der Waals surface area contributed by atoms with E-state index in [9.17, 15) is 0 Å². The van der Waals surface area contributed by atoms with Gasteiger partial charge in [0, 0.05) is 5.69 Å². The van der Waals surface area contributed by atoms with E-state index in [0.717, 1.165) is 11.4 Å². The van der Waals surface area contributed by atoms with Crippen LogP contribution in [-0.2, 0) is 0 Å². The van der Waals surface area contributed by atoms with Crippen LogP contribution in [0.4, 0.5) is 5.69 Å². The number of aromatic nitrogens is 3. The van der Waals surface area contributed by atoms with Gasteiger partial charge in [0.2, 0.25) is 0 Å². The first-order valence-corrected chi connectivity index (χ1v) is 5.35. The van der Waals surface area contributed by atoms with Crippen molar-refractivity contribution < 1.29 is 4.74 Å². The van der Waals surface area contributed by atoms with Gasteiger partial charge in [-0.15, -0.1) is 5.10 Å². The molecule has 0 aliphatic rings. The molecule has 0 unspecified atom stereocenters. The predicted octanol–water partition coefficient (Wildman–Crippen LogP) is 2.52. The minimum atomic E-state index is 0.166. The lowest BCUT2D eigenvalue weighted by Gasteiger charge is -2.06. The summed E-state index contributed by atoms with van der Waals surface area (Å²) in [5.41, 5.74) is 7.68. The number of hydrogen-bond donors (Lipinski definition) is 1. The summed E-state index contributed by atoms with van der Waals surface area (Å²) in [6.45, 7) is 3.66. The number of nitrogens with zero attached hydrogens (tertiary/aromatic N) is 3. The molecular formula is C11H11ClN4O. The van der Waals surface area contributed by atoms with Crippen molar-refractivity contribution in [2.24, 2.45) is 0 Å². The largest absolute Gasteiger partial charge is 0.422 e. The molecule has 17 heavy (non-hydrogen) atoms. The zero-order valence-electron chi connectivity index (χ0n) is 9.44. The number of ether oxygens (including phenoxy) is 1. The molecule has 0 spiro atoms. The van der Waals surface area contributed by atoms with Crippen LogP contribution in [0.15, 0.2) is 18.2 Å². The van der Waals surface area contributed by atoms with Crippen molar-refractivity contribution in [3.05, 3.63) is 34.6 Å². The second-order valence-corrected chi connectivity index (χ2v) is 3.96. The molecule has 0 radical (unpaired) electrons. The standard InChI is InChI=1S/C11H11ClN4O/c1-6-7(2)15-16-11(14-6)17-10-4-3-8(13)5-9(10)12/h3-5H,13H2,1-2H3. The van der Waals surface area contributed by atoms with Crippen molar-refractivity contribution in [1.29, 1.82) is 0 Å². The summed E-state index contributed by atoms with van der Waals surface area (Å²) in [6, 6.07) is 5.12. The lowest BCUT2D eigenvalue weighted by atomic mass is 10.3. The Labute approximate surface area is 104 Å². The average molecular weight is 251 g/mol. The van der Waals surface area contributed by atoms with E-state index in [4.69, 9.17) is 22.1 Å². The van der Waals surface area contributed by atoms with Gasteiger partial charge >= 0.3 is 6.01 Å². The van der Waals surface area contributed by atoms with Crippen molar-refractivity contribution >= 4 is 17.3 Å². The number of nitrogen functional groups attached to an aromatic ring is 1. The molecule has 0 fully saturated rings. The van der Waals surface area contributed by atoms with E-state index >= 15 is 0 Å². The Balaban J connectivity index is 2.28. The van der Waals surface area contributed by atoms with Gasteiger partial charge in [-0.3, -0.25) is 0 Å². The van der Waals surface area contributed by atoms with E-state index in [-0.39, 0.29) is 6.01 Å². The van der Waals surface area contributed by atoms with Crippen LogP contribution in [0, 0.1) is 13.8 Å². The van der Waals surface area contributed by atoms with Gasteiger partial charge in [-0.1, -0.05) is 16.7 Å². The summed E-state index contributed by atoms with van der Waals surface area (Å²) in [7, 11) is 0. The number of hydrogen-bond acceptors (Lipinski definition) is 5. The maximum atomic E-state index is 5.97. The molecule has 0 amide bonds. The van der Waals surface area contributed by atoms with Crippen LogP contribution in [0.25, 0.3) is 0 Å². The molecule has 2 N–H and O–H groups in total. The van der Waals surface area contributed by atoms with E-state index < -0.39 is 0 Å². The van der Waals surface area contributed by atoms with Gasteiger partial charge < -0.3 is 10.5 Å². The summed E-state index contributed by atoms with van der Waals surface area (Å²) < 4.78 is 5.43. The van der Waals surface area contributed by atoms with Crippen molar-refractivity contribution in [2.75, 3.05) is 5.73 Å². The molecule has 0 aliphatic carbocycles. The molecule has 2 rings (SSSR count). The molecule has 0 saturated heterocycles. The van der Waals surface area contributed by atoms with Crippen LogP contribution >= 0.6 is 11.6 Å². The van der Waals surface area contributed by atoms with Gasteiger partial charge in [-0.2, -0.15) is 4.98 Å². The maximum absolute atomic E-state index is 5.97. The molecule has 0 atom stereocenters. The highest BCUT2D eigenvalue weighted by molar-refractivity contribution is 6.32. The quantitative estimate of drug-likeness (QED) is 0.829. The fourth-order valence-corrected chi connectivity index (χ4v) is 1.41.